The monoisotopic (exact) mass is 279 g/mol. The number of amides is 1. The summed E-state index contributed by atoms with van der Waals surface area (Å²) < 4.78 is 14.6. The minimum Gasteiger partial charge on any atom is -0.462 e. The summed E-state index contributed by atoms with van der Waals surface area (Å²) in [6.45, 7) is 5.12. The van der Waals surface area contributed by atoms with Gasteiger partial charge >= 0.3 is 5.97 Å². The summed E-state index contributed by atoms with van der Waals surface area (Å²) in [5, 5.41) is 9.61. The van der Waals surface area contributed by atoms with Crippen molar-refractivity contribution in [3.05, 3.63) is 28.8 Å². The fourth-order valence-electron chi connectivity index (χ4n) is 1.54. The maximum absolute atomic E-state index is 11.9. The van der Waals surface area contributed by atoms with Crippen LogP contribution in [0.15, 0.2) is 15.1 Å². The Labute approximate surface area is 114 Å². The Hall–Kier alpha value is -2.64. The Morgan fingerprint density at radius 1 is 1.30 bits per heavy atom. The number of aromatic nitrogens is 2. The molecule has 1 N–H and O–H groups in total. The van der Waals surface area contributed by atoms with Gasteiger partial charge in [0.1, 0.15) is 11.3 Å². The Bertz CT molecular complexity index is 643. The first kappa shape index (κ1) is 13.8. The molecule has 8 heteroatoms. The highest BCUT2D eigenvalue weighted by atomic mass is 16.5. The van der Waals surface area contributed by atoms with Crippen LogP contribution >= 0.6 is 0 Å². The van der Waals surface area contributed by atoms with Gasteiger partial charge in [0.15, 0.2) is 5.69 Å². The number of aryl methyl sites for hydroxylation is 2. The Morgan fingerprint density at radius 2 is 2.05 bits per heavy atom. The highest BCUT2D eigenvalue weighted by Crippen LogP contribution is 2.21. The second kappa shape index (κ2) is 5.55. The third-order valence-corrected chi connectivity index (χ3v) is 2.43. The van der Waals surface area contributed by atoms with Gasteiger partial charge < -0.3 is 13.8 Å². The number of hydrogen-bond donors (Lipinski definition) is 1. The number of anilines is 1. The lowest BCUT2D eigenvalue weighted by molar-refractivity contribution is 0.0526. The van der Waals surface area contributed by atoms with E-state index in [-0.39, 0.29) is 23.7 Å². The maximum Gasteiger partial charge on any atom is 0.345 e. The van der Waals surface area contributed by atoms with Gasteiger partial charge in [0, 0.05) is 6.07 Å². The zero-order valence-electron chi connectivity index (χ0n) is 11.2. The summed E-state index contributed by atoms with van der Waals surface area (Å²) in [4.78, 5) is 23.7. The van der Waals surface area contributed by atoms with Gasteiger partial charge in [0.2, 0.25) is 5.88 Å². The molecule has 1 amide bonds. The molecule has 2 aromatic rings. The van der Waals surface area contributed by atoms with Crippen LogP contribution in [0.4, 0.5) is 5.88 Å². The van der Waals surface area contributed by atoms with Gasteiger partial charge in [-0.25, -0.2) is 4.79 Å². The number of carbonyl (C=O) groups is 2. The standard InChI is InChI=1S/C12H13N3O5/c1-4-18-12(17)9-7(3)14-20-11(9)13-10(16)8-5-6(2)19-15-8/h5H,4H2,1-3H3,(H,13,16). The van der Waals surface area contributed by atoms with E-state index in [9.17, 15) is 9.59 Å². The van der Waals surface area contributed by atoms with Gasteiger partial charge in [0.25, 0.3) is 5.91 Å². The first-order chi connectivity index (χ1) is 9.52. The molecule has 0 saturated carbocycles. The molecule has 106 valence electrons. The maximum atomic E-state index is 11.9. The zero-order chi connectivity index (χ0) is 14.7. The van der Waals surface area contributed by atoms with E-state index in [1.54, 1.807) is 20.8 Å². The van der Waals surface area contributed by atoms with Crippen molar-refractivity contribution in [3.8, 4) is 0 Å². The molecule has 20 heavy (non-hydrogen) atoms. The van der Waals surface area contributed by atoms with Gasteiger partial charge in [-0.1, -0.05) is 10.3 Å². The van der Waals surface area contributed by atoms with Crippen molar-refractivity contribution in [2.45, 2.75) is 20.8 Å². The van der Waals surface area contributed by atoms with Crippen LogP contribution in [0.1, 0.15) is 39.2 Å². The number of esters is 1. The summed E-state index contributed by atoms with van der Waals surface area (Å²) >= 11 is 0. The van der Waals surface area contributed by atoms with Gasteiger partial charge in [0.05, 0.1) is 12.3 Å². The average molecular weight is 279 g/mol. The SMILES string of the molecule is CCOC(=O)c1c(C)noc1NC(=O)c1cc(C)on1. The van der Waals surface area contributed by atoms with Crippen molar-refractivity contribution in [2.75, 3.05) is 11.9 Å². The van der Waals surface area contributed by atoms with Crippen molar-refractivity contribution in [3.63, 3.8) is 0 Å². The molecular weight excluding hydrogens is 266 g/mol. The van der Waals surface area contributed by atoms with Gasteiger partial charge in [-0.3, -0.25) is 10.1 Å². The van der Waals surface area contributed by atoms with Crippen LogP contribution in [0.25, 0.3) is 0 Å². The predicted octanol–water partition coefficient (Wildman–Crippen LogP) is 1.71. The van der Waals surface area contributed by atoms with E-state index in [1.165, 1.54) is 6.07 Å². The summed E-state index contributed by atoms with van der Waals surface area (Å²) in [6, 6.07) is 1.46. The number of ether oxygens (including phenoxy) is 1. The lowest BCUT2D eigenvalue weighted by Crippen LogP contribution is -2.15. The van der Waals surface area contributed by atoms with Crippen LogP contribution in [-0.4, -0.2) is 28.8 Å². The van der Waals surface area contributed by atoms with E-state index >= 15 is 0 Å². The topological polar surface area (TPSA) is 107 Å². The van der Waals surface area contributed by atoms with Crippen LogP contribution in [0.5, 0.6) is 0 Å². The number of nitrogens with zero attached hydrogens (tertiary/aromatic N) is 2. The molecule has 2 aromatic heterocycles. The van der Waals surface area contributed by atoms with Crippen LogP contribution in [0.3, 0.4) is 0 Å². The fraction of sp³-hybridized carbons (Fsp3) is 0.333. The minimum absolute atomic E-state index is 0.0753. The number of hydrogen-bond acceptors (Lipinski definition) is 7. The smallest absolute Gasteiger partial charge is 0.345 e. The van der Waals surface area contributed by atoms with Gasteiger partial charge in [-0.2, -0.15) is 0 Å². The van der Waals surface area contributed by atoms with E-state index in [1.807, 2.05) is 0 Å². The summed E-state index contributed by atoms with van der Waals surface area (Å²) in [5.41, 5.74) is 0.488. The Morgan fingerprint density at radius 3 is 2.65 bits per heavy atom. The van der Waals surface area contributed by atoms with E-state index in [4.69, 9.17) is 13.8 Å². The summed E-state index contributed by atoms with van der Waals surface area (Å²) in [7, 11) is 0. The van der Waals surface area contributed by atoms with Gasteiger partial charge in [-0.15, -0.1) is 0 Å². The van der Waals surface area contributed by atoms with E-state index < -0.39 is 11.9 Å². The first-order valence-electron chi connectivity index (χ1n) is 5.91. The molecule has 2 rings (SSSR count). The third-order valence-electron chi connectivity index (χ3n) is 2.43. The molecule has 0 bridgehead atoms. The van der Waals surface area contributed by atoms with Gasteiger partial charge in [-0.05, 0) is 20.8 Å². The third kappa shape index (κ3) is 2.68. The van der Waals surface area contributed by atoms with E-state index in [2.05, 4.69) is 15.6 Å². The second-order valence-corrected chi connectivity index (χ2v) is 3.97. The molecule has 0 aliphatic carbocycles. The van der Waals surface area contributed by atoms with Crippen LogP contribution < -0.4 is 5.32 Å². The van der Waals surface area contributed by atoms with Crippen molar-refractivity contribution >= 4 is 17.8 Å². The largest absolute Gasteiger partial charge is 0.462 e. The molecule has 2 heterocycles. The molecule has 0 atom stereocenters. The van der Waals surface area contributed by atoms with Crippen molar-refractivity contribution < 1.29 is 23.4 Å². The normalized spacial score (nSPS) is 10.3. The Kier molecular flexibility index (Phi) is 3.83. The van der Waals surface area contributed by atoms with Crippen LogP contribution in [-0.2, 0) is 4.74 Å². The van der Waals surface area contributed by atoms with Crippen molar-refractivity contribution in [1.29, 1.82) is 0 Å². The minimum atomic E-state index is -0.613. The molecular formula is C12H13N3O5. The van der Waals surface area contributed by atoms with E-state index in [0.29, 0.717) is 11.5 Å². The molecule has 0 unspecified atom stereocenters. The summed E-state index contributed by atoms with van der Waals surface area (Å²) in [6.07, 6.45) is 0. The van der Waals surface area contributed by atoms with E-state index in [0.717, 1.165) is 0 Å². The fourth-order valence-corrected chi connectivity index (χ4v) is 1.54. The molecule has 8 nitrogen and oxygen atoms in total. The molecule has 0 radical (unpaired) electrons. The zero-order valence-corrected chi connectivity index (χ0v) is 11.2. The quantitative estimate of drug-likeness (QED) is 0.848. The molecule has 0 fully saturated rings. The number of carbonyl (C=O) groups excluding carboxylic acids is 2. The summed E-state index contributed by atoms with van der Waals surface area (Å²) in [5.74, 6) is -0.762. The van der Waals surface area contributed by atoms with Crippen molar-refractivity contribution in [2.24, 2.45) is 0 Å². The molecule has 0 spiro atoms. The highest BCUT2D eigenvalue weighted by molar-refractivity contribution is 6.06. The average Bonchev–Trinajstić information content (AvgIpc) is 2.96. The molecule has 0 aromatic carbocycles. The number of rotatable bonds is 4. The lowest BCUT2D eigenvalue weighted by atomic mass is 10.2. The molecule has 0 aliphatic heterocycles. The second-order valence-electron chi connectivity index (χ2n) is 3.97. The predicted molar refractivity (Wildman–Crippen MR) is 66.4 cm³/mol. The molecule has 0 aliphatic rings. The number of nitrogens with one attached hydrogen (secondary N) is 1. The van der Waals surface area contributed by atoms with Crippen LogP contribution in [0.2, 0.25) is 0 Å². The Balaban J connectivity index is 2.22. The lowest BCUT2D eigenvalue weighted by Gasteiger charge is -2.02. The van der Waals surface area contributed by atoms with Crippen molar-refractivity contribution in [1.82, 2.24) is 10.3 Å². The molecule has 0 saturated heterocycles. The highest BCUT2D eigenvalue weighted by Gasteiger charge is 2.24. The van der Waals surface area contributed by atoms with Crippen LogP contribution in [0, 0.1) is 13.8 Å². The first-order valence-corrected chi connectivity index (χ1v) is 5.91.